The zero-order valence-electron chi connectivity index (χ0n) is 12.9. The number of halogens is 4. The number of guanidine groups is 1. The second-order valence-corrected chi connectivity index (χ2v) is 4.67. The van der Waals surface area contributed by atoms with E-state index in [0.29, 0.717) is 5.82 Å². The maximum absolute atomic E-state index is 12.1. The van der Waals surface area contributed by atoms with Crippen molar-refractivity contribution in [1.82, 2.24) is 25.4 Å². The first kappa shape index (κ1) is 20.2. The third kappa shape index (κ3) is 6.34. The molecule has 0 radical (unpaired) electrons. The monoisotopic (exact) mass is 454 g/mol. The summed E-state index contributed by atoms with van der Waals surface area (Å²) < 4.78 is 38.2. The molecule has 0 fully saturated rings. The fourth-order valence-corrected chi connectivity index (χ4v) is 1.89. The smallest absolute Gasteiger partial charge is 0.356 e. The maximum Gasteiger partial charge on any atom is 0.390 e. The molecule has 132 valence electrons. The van der Waals surface area contributed by atoms with E-state index in [9.17, 15) is 13.2 Å². The number of benzene rings is 1. The van der Waals surface area contributed by atoms with Crippen molar-refractivity contribution >= 4 is 29.9 Å². The first-order valence-corrected chi connectivity index (χ1v) is 6.95. The lowest BCUT2D eigenvalue weighted by atomic mass is 10.3. The lowest BCUT2D eigenvalue weighted by Gasteiger charge is -2.13. The first-order valence-electron chi connectivity index (χ1n) is 6.95. The fourth-order valence-electron chi connectivity index (χ4n) is 1.89. The van der Waals surface area contributed by atoms with Crippen LogP contribution in [0.4, 0.5) is 13.2 Å². The molecule has 0 spiro atoms. The fraction of sp³-hybridized carbons (Fsp3) is 0.357. The average molecular weight is 454 g/mol. The molecule has 1 heterocycles. The Kier molecular flexibility index (Phi) is 7.95. The molecule has 6 nitrogen and oxygen atoms in total. The van der Waals surface area contributed by atoms with Gasteiger partial charge in [-0.15, -0.1) is 34.2 Å². The van der Waals surface area contributed by atoms with Crippen LogP contribution < -0.4 is 10.6 Å². The van der Waals surface area contributed by atoms with Crippen LogP contribution in [-0.2, 0) is 6.54 Å². The number of nitrogens with zero attached hydrogens (tertiary/aromatic N) is 4. The molecular weight excluding hydrogens is 436 g/mol. The molecule has 0 atom stereocenters. The summed E-state index contributed by atoms with van der Waals surface area (Å²) in [6.45, 7) is 0.0368. The summed E-state index contributed by atoms with van der Waals surface area (Å²) in [6, 6.07) is 9.50. The van der Waals surface area contributed by atoms with Crippen LogP contribution in [0.25, 0.3) is 5.69 Å². The number of para-hydroxylation sites is 1. The van der Waals surface area contributed by atoms with E-state index in [-0.39, 0.29) is 43.0 Å². The van der Waals surface area contributed by atoms with E-state index in [1.54, 1.807) is 10.9 Å². The van der Waals surface area contributed by atoms with Crippen molar-refractivity contribution in [2.45, 2.75) is 19.1 Å². The minimum absolute atomic E-state index is 0. The lowest BCUT2D eigenvalue weighted by Crippen LogP contribution is -2.38. The Labute approximate surface area is 154 Å². The summed E-state index contributed by atoms with van der Waals surface area (Å²) in [6.07, 6.45) is -3.54. The zero-order valence-corrected chi connectivity index (χ0v) is 15.2. The average Bonchev–Trinajstić information content (AvgIpc) is 2.99. The number of hydrogen-bond donors (Lipinski definition) is 2. The van der Waals surface area contributed by atoms with Gasteiger partial charge >= 0.3 is 6.18 Å². The van der Waals surface area contributed by atoms with Crippen molar-refractivity contribution in [3.63, 3.8) is 0 Å². The highest BCUT2D eigenvalue weighted by Crippen LogP contribution is 2.18. The van der Waals surface area contributed by atoms with Crippen LogP contribution in [0, 0.1) is 0 Å². The van der Waals surface area contributed by atoms with Gasteiger partial charge in [-0.1, -0.05) is 18.2 Å². The van der Waals surface area contributed by atoms with E-state index >= 15 is 0 Å². The highest BCUT2D eigenvalue weighted by atomic mass is 127. The number of alkyl halides is 3. The van der Waals surface area contributed by atoms with Crippen LogP contribution >= 0.6 is 24.0 Å². The molecule has 24 heavy (non-hydrogen) atoms. The normalized spacial score (nSPS) is 11.8. The van der Waals surface area contributed by atoms with Gasteiger partial charge in [0.2, 0.25) is 0 Å². The largest absolute Gasteiger partial charge is 0.390 e. The van der Waals surface area contributed by atoms with Crippen LogP contribution in [0.1, 0.15) is 12.2 Å². The van der Waals surface area contributed by atoms with Crippen LogP contribution in [0.15, 0.2) is 41.7 Å². The minimum Gasteiger partial charge on any atom is -0.356 e. The Morgan fingerprint density at radius 3 is 2.54 bits per heavy atom. The molecule has 0 amide bonds. The quantitative estimate of drug-likeness (QED) is 0.414. The molecule has 0 saturated heterocycles. The minimum atomic E-state index is -4.20. The van der Waals surface area contributed by atoms with Gasteiger partial charge in [0.25, 0.3) is 0 Å². The van der Waals surface area contributed by atoms with E-state index in [0.717, 1.165) is 5.69 Å². The summed E-state index contributed by atoms with van der Waals surface area (Å²) in [5, 5.41) is 13.4. The number of aromatic nitrogens is 3. The summed E-state index contributed by atoms with van der Waals surface area (Å²) in [7, 11) is 1.49. The van der Waals surface area contributed by atoms with Gasteiger partial charge in [0.05, 0.1) is 13.0 Å². The second-order valence-electron chi connectivity index (χ2n) is 4.67. The molecule has 0 bridgehead atoms. The molecular formula is C14H18F3IN6. The predicted molar refractivity (Wildman–Crippen MR) is 95.6 cm³/mol. The Bertz CT molecular complexity index is 641. The molecule has 1 aromatic heterocycles. The molecule has 1 aromatic carbocycles. The van der Waals surface area contributed by atoms with Gasteiger partial charge < -0.3 is 10.6 Å². The van der Waals surface area contributed by atoms with Crippen LogP contribution in [0.3, 0.4) is 0 Å². The van der Waals surface area contributed by atoms with Gasteiger partial charge in [0.15, 0.2) is 11.8 Å². The summed E-state index contributed by atoms with van der Waals surface area (Å²) >= 11 is 0. The Morgan fingerprint density at radius 2 is 1.92 bits per heavy atom. The molecule has 0 aliphatic heterocycles. The Balaban J connectivity index is 0.00000288. The van der Waals surface area contributed by atoms with E-state index in [4.69, 9.17) is 0 Å². The van der Waals surface area contributed by atoms with Crippen molar-refractivity contribution < 1.29 is 13.2 Å². The van der Waals surface area contributed by atoms with Gasteiger partial charge in [-0.25, -0.2) is 0 Å². The predicted octanol–water partition coefficient (Wildman–Crippen LogP) is 2.50. The molecule has 0 saturated carbocycles. The van der Waals surface area contributed by atoms with Crippen molar-refractivity contribution in [3.8, 4) is 5.69 Å². The van der Waals surface area contributed by atoms with E-state index in [1.165, 1.54) is 7.05 Å². The van der Waals surface area contributed by atoms with Crippen LogP contribution in [0.2, 0.25) is 0 Å². The van der Waals surface area contributed by atoms with E-state index < -0.39 is 12.6 Å². The Hall–Kier alpha value is -1.85. The van der Waals surface area contributed by atoms with Crippen molar-refractivity contribution in [3.05, 3.63) is 42.5 Å². The zero-order chi connectivity index (χ0) is 16.7. The molecule has 0 aliphatic carbocycles. The molecule has 2 rings (SSSR count). The number of nitrogens with one attached hydrogen (secondary N) is 2. The Morgan fingerprint density at radius 1 is 1.21 bits per heavy atom. The first-order chi connectivity index (χ1) is 11.0. The van der Waals surface area contributed by atoms with Gasteiger partial charge in [0.1, 0.15) is 6.33 Å². The molecule has 0 unspecified atom stereocenters. The summed E-state index contributed by atoms with van der Waals surface area (Å²) in [5.41, 5.74) is 0.898. The maximum atomic E-state index is 12.1. The number of hydrogen-bond acceptors (Lipinski definition) is 3. The molecule has 2 N–H and O–H groups in total. The molecule has 0 aliphatic rings. The second kappa shape index (κ2) is 9.45. The van der Waals surface area contributed by atoms with Crippen LogP contribution in [-0.4, -0.2) is 40.5 Å². The molecule has 10 heteroatoms. The summed E-state index contributed by atoms with van der Waals surface area (Å²) in [4.78, 5) is 3.88. The number of aliphatic imine (C=N–C) groups is 1. The third-order valence-electron chi connectivity index (χ3n) is 2.99. The van der Waals surface area contributed by atoms with Gasteiger partial charge in [-0.3, -0.25) is 9.56 Å². The van der Waals surface area contributed by atoms with Crippen molar-refractivity contribution in [2.75, 3.05) is 13.6 Å². The van der Waals surface area contributed by atoms with E-state index in [2.05, 4.69) is 25.8 Å². The van der Waals surface area contributed by atoms with Gasteiger partial charge in [-0.2, -0.15) is 13.2 Å². The van der Waals surface area contributed by atoms with Crippen molar-refractivity contribution in [1.29, 1.82) is 0 Å². The highest BCUT2D eigenvalue weighted by Gasteiger charge is 2.26. The summed E-state index contributed by atoms with van der Waals surface area (Å²) in [5.74, 6) is 0.895. The van der Waals surface area contributed by atoms with Crippen molar-refractivity contribution in [2.24, 2.45) is 4.99 Å². The highest BCUT2D eigenvalue weighted by molar-refractivity contribution is 14.0. The standard InChI is InChI=1S/C14H17F3N6.HI/c1-18-13(19-8-7-14(15,16)17)20-9-12-22-21-10-23(12)11-5-3-2-4-6-11;/h2-6,10H,7-9H2,1H3,(H2,18,19,20);1H. The topological polar surface area (TPSA) is 67.1 Å². The van der Waals surface area contributed by atoms with E-state index in [1.807, 2.05) is 30.3 Å². The van der Waals surface area contributed by atoms with Gasteiger partial charge in [-0.05, 0) is 12.1 Å². The number of rotatable bonds is 5. The van der Waals surface area contributed by atoms with Gasteiger partial charge in [0, 0.05) is 19.3 Å². The molecule has 2 aromatic rings. The van der Waals surface area contributed by atoms with Crippen LogP contribution in [0.5, 0.6) is 0 Å². The third-order valence-corrected chi connectivity index (χ3v) is 2.99. The SMILES string of the molecule is CN=C(NCCC(F)(F)F)NCc1nncn1-c1ccccc1.I. The lowest BCUT2D eigenvalue weighted by molar-refractivity contribution is -0.132.